The number of aryl methyl sites for hydroxylation is 1. The molecule has 4 nitrogen and oxygen atoms in total. The fourth-order valence-electron chi connectivity index (χ4n) is 3.45. The lowest BCUT2D eigenvalue weighted by atomic mass is 10.1. The Hall–Kier alpha value is -3.12. The van der Waals surface area contributed by atoms with Crippen LogP contribution >= 0.6 is 11.8 Å². The summed E-state index contributed by atoms with van der Waals surface area (Å²) < 4.78 is 13.1. The molecule has 1 fully saturated rings. The van der Waals surface area contributed by atoms with Gasteiger partial charge in [0.15, 0.2) is 0 Å². The molecule has 3 aromatic carbocycles. The maximum atomic E-state index is 13.1. The topological polar surface area (TPSA) is 49.4 Å². The number of carbonyl (C=O) groups excluding carboxylic acids is 2. The van der Waals surface area contributed by atoms with Crippen molar-refractivity contribution in [3.05, 3.63) is 95.3 Å². The molecule has 1 heterocycles. The highest BCUT2D eigenvalue weighted by atomic mass is 32.2. The first kappa shape index (κ1) is 20.2. The third-order valence-corrected chi connectivity index (χ3v) is 6.21. The molecule has 0 bridgehead atoms. The van der Waals surface area contributed by atoms with E-state index in [1.807, 2.05) is 35.2 Å². The maximum absolute atomic E-state index is 13.1. The van der Waals surface area contributed by atoms with E-state index in [1.54, 1.807) is 17.8 Å². The van der Waals surface area contributed by atoms with Crippen molar-refractivity contribution in [2.75, 3.05) is 16.0 Å². The summed E-state index contributed by atoms with van der Waals surface area (Å²) in [6.07, 6.45) is 0.901. The molecule has 0 aliphatic carbocycles. The third-order valence-electron chi connectivity index (χ3n) is 5.00. The first-order valence-corrected chi connectivity index (χ1v) is 10.8. The highest BCUT2D eigenvalue weighted by Crippen LogP contribution is 2.42. The summed E-state index contributed by atoms with van der Waals surface area (Å²) in [6.45, 7) is 2.09. The number of amides is 2. The lowest BCUT2D eigenvalue weighted by Crippen LogP contribution is -2.28. The number of benzene rings is 3. The van der Waals surface area contributed by atoms with Gasteiger partial charge in [-0.05, 0) is 66.1 Å². The molecule has 0 radical (unpaired) electrons. The van der Waals surface area contributed by atoms with Gasteiger partial charge >= 0.3 is 0 Å². The van der Waals surface area contributed by atoms with Crippen molar-refractivity contribution in [1.82, 2.24) is 0 Å². The molecular formula is C24H21FN2O2S. The zero-order valence-corrected chi connectivity index (χ0v) is 17.3. The fraction of sp³-hybridized carbons (Fsp3) is 0.167. The van der Waals surface area contributed by atoms with Crippen molar-refractivity contribution in [1.29, 1.82) is 0 Å². The SMILES string of the molecule is CCc1cccc(N2C(=O)CSC2c2cccc(NC(=O)c3ccc(F)cc3)c2)c1. The Morgan fingerprint density at radius 3 is 2.63 bits per heavy atom. The Kier molecular flexibility index (Phi) is 5.86. The number of nitrogens with zero attached hydrogens (tertiary/aromatic N) is 1. The zero-order chi connectivity index (χ0) is 21.1. The van der Waals surface area contributed by atoms with E-state index in [0.717, 1.165) is 17.7 Å². The second kappa shape index (κ2) is 8.71. The van der Waals surface area contributed by atoms with Crippen LogP contribution < -0.4 is 10.2 Å². The number of thioether (sulfide) groups is 1. The van der Waals surface area contributed by atoms with E-state index >= 15 is 0 Å². The lowest BCUT2D eigenvalue weighted by Gasteiger charge is -2.25. The van der Waals surface area contributed by atoms with Gasteiger partial charge < -0.3 is 5.32 Å². The van der Waals surface area contributed by atoms with Gasteiger partial charge in [0.05, 0.1) is 5.75 Å². The Labute approximate surface area is 179 Å². The van der Waals surface area contributed by atoms with Gasteiger partial charge in [-0.25, -0.2) is 4.39 Å². The molecule has 3 aromatic rings. The largest absolute Gasteiger partial charge is 0.322 e. The quantitative estimate of drug-likeness (QED) is 0.600. The van der Waals surface area contributed by atoms with Gasteiger partial charge in [0.1, 0.15) is 11.2 Å². The number of halogens is 1. The molecule has 0 spiro atoms. The molecule has 1 unspecified atom stereocenters. The Balaban J connectivity index is 1.58. The van der Waals surface area contributed by atoms with Crippen molar-refractivity contribution in [3.8, 4) is 0 Å². The number of hydrogen-bond acceptors (Lipinski definition) is 3. The summed E-state index contributed by atoms with van der Waals surface area (Å²) >= 11 is 1.57. The van der Waals surface area contributed by atoms with Gasteiger partial charge in [-0.1, -0.05) is 31.2 Å². The van der Waals surface area contributed by atoms with Gasteiger partial charge in [-0.15, -0.1) is 11.8 Å². The molecule has 1 N–H and O–H groups in total. The van der Waals surface area contributed by atoms with Crippen LogP contribution in [0.4, 0.5) is 15.8 Å². The minimum Gasteiger partial charge on any atom is -0.322 e. The number of hydrogen-bond donors (Lipinski definition) is 1. The first-order valence-electron chi connectivity index (χ1n) is 9.74. The van der Waals surface area contributed by atoms with E-state index in [4.69, 9.17) is 0 Å². The van der Waals surface area contributed by atoms with Crippen LogP contribution in [0.1, 0.15) is 33.8 Å². The van der Waals surface area contributed by atoms with E-state index in [9.17, 15) is 14.0 Å². The van der Waals surface area contributed by atoms with Crippen LogP contribution in [0.2, 0.25) is 0 Å². The maximum Gasteiger partial charge on any atom is 0.255 e. The molecule has 1 saturated heterocycles. The first-order chi connectivity index (χ1) is 14.5. The van der Waals surface area contributed by atoms with Crippen molar-refractivity contribution in [2.24, 2.45) is 0 Å². The Morgan fingerprint density at radius 2 is 1.87 bits per heavy atom. The molecule has 30 heavy (non-hydrogen) atoms. The number of nitrogens with one attached hydrogen (secondary N) is 1. The van der Waals surface area contributed by atoms with Gasteiger partial charge in [-0.3, -0.25) is 14.5 Å². The summed E-state index contributed by atoms with van der Waals surface area (Å²) in [4.78, 5) is 26.9. The van der Waals surface area contributed by atoms with E-state index < -0.39 is 0 Å². The molecule has 0 aromatic heterocycles. The molecule has 1 atom stereocenters. The van der Waals surface area contributed by atoms with E-state index in [1.165, 1.54) is 29.8 Å². The van der Waals surface area contributed by atoms with Crippen LogP contribution in [0.5, 0.6) is 0 Å². The molecule has 2 amide bonds. The third kappa shape index (κ3) is 4.24. The number of anilines is 2. The molecule has 152 valence electrons. The van der Waals surface area contributed by atoms with Crippen molar-refractivity contribution in [2.45, 2.75) is 18.7 Å². The second-order valence-electron chi connectivity index (χ2n) is 7.04. The average Bonchev–Trinajstić information content (AvgIpc) is 3.16. The zero-order valence-electron chi connectivity index (χ0n) is 16.5. The van der Waals surface area contributed by atoms with E-state index in [-0.39, 0.29) is 23.0 Å². The highest BCUT2D eigenvalue weighted by Gasteiger charge is 2.34. The summed E-state index contributed by atoms with van der Waals surface area (Å²) in [6, 6.07) is 20.9. The Morgan fingerprint density at radius 1 is 1.10 bits per heavy atom. The number of rotatable bonds is 5. The van der Waals surface area contributed by atoms with Gasteiger partial charge in [0.2, 0.25) is 5.91 Å². The molecule has 1 aliphatic rings. The van der Waals surface area contributed by atoms with Crippen LogP contribution in [-0.4, -0.2) is 17.6 Å². The average molecular weight is 421 g/mol. The minimum atomic E-state index is -0.385. The van der Waals surface area contributed by atoms with Crippen LogP contribution in [0.3, 0.4) is 0 Å². The van der Waals surface area contributed by atoms with Gasteiger partial charge in [0.25, 0.3) is 5.91 Å². The molecular weight excluding hydrogens is 399 g/mol. The van der Waals surface area contributed by atoms with Crippen LogP contribution in [-0.2, 0) is 11.2 Å². The van der Waals surface area contributed by atoms with Crippen LogP contribution in [0.25, 0.3) is 0 Å². The molecule has 1 aliphatic heterocycles. The highest BCUT2D eigenvalue weighted by molar-refractivity contribution is 8.00. The standard InChI is InChI=1S/C24H21FN2O2S/c1-2-16-5-3-8-21(13-16)27-22(28)15-30-24(27)18-6-4-7-20(14-18)26-23(29)17-9-11-19(25)12-10-17/h3-14,24H,2,15H2,1H3,(H,26,29). The molecule has 6 heteroatoms. The fourth-order valence-corrected chi connectivity index (χ4v) is 4.62. The summed E-state index contributed by atoms with van der Waals surface area (Å²) in [5, 5.41) is 2.69. The van der Waals surface area contributed by atoms with E-state index in [0.29, 0.717) is 17.0 Å². The smallest absolute Gasteiger partial charge is 0.255 e. The Bertz CT molecular complexity index is 1080. The summed E-state index contributed by atoms with van der Waals surface area (Å²) in [5.41, 5.74) is 4.00. The lowest BCUT2D eigenvalue weighted by molar-refractivity contribution is -0.115. The normalized spacial score (nSPS) is 16.0. The summed E-state index contributed by atoms with van der Waals surface area (Å²) in [5.74, 6) is -0.217. The van der Waals surface area contributed by atoms with Crippen molar-refractivity contribution < 1.29 is 14.0 Å². The summed E-state index contributed by atoms with van der Waals surface area (Å²) in [7, 11) is 0. The minimum absolute atomic E-state index is 0.0685. The van der Waals surface area contributed by atoms with Crippen molar-refractivity contribution in [3.63, 3.8) is 0 Å². The van der Waals surface area contributed by atoms with Crippen molar-refractivity contribution >= 4 is 35.0 Å². The number of carbonyl (C=O) groups is 2. The van der Waals surface area contributed by atoms with Gasteiger partial charge in [-0.2, -0.15) is 0 Å². The van der Waals surface area contributed by atoms with Crippen LogP contribution in [0.15, 0.2) is 72.8 Å². The monoisotopic (exact) mass is 420 g/mol. The predicted octanol–water partition coefficient (Wildman–Crippen LogP) is 5.42. The second-order valence-corrected chi connectivity index (χ2v) is 8.11. The van der Waals surface area contributed by atoms with Crippen LogP contribution in [0, 0.1) is 5.82 Å². The van der Waals surface area contributed by atoms with Gasteiger partial charge in [0, 0.05) is 16.9 Å². The van der Waals surface area contributed by atoms with E-state index in [2.05, 4.69) is 24.4 Å². The molecule has 0 saturated carbocycles. The predicted molar refractivity (Wildman–Crippen MR) is 119 cm³/mol. The molecule has 4 rings (SSSR count).